The Morgan fingerprint density at radius 2 is 1.88 bits per heavy atom. The molecule has 3 nitrogen and oxygen atoms in total. The van der Waals surface area contributed by atoms with E-state index in [1.165, 1.54) is 51.9 Å². The van der Waals surface area contributed by atoms with Gasteiger partial charge in [0.1, 0.15) is 0 Å². The number of piperidine rings is 2. The van der Waals surface area contributed by atoms with Crippen LogP contribution in [-0.2, 0) is 0 Å². The summed E-state index contributed by atoms with van der Waals surface area (Å²) < 4.78 is 0. The predicted octanol–water partition coefficient (Wildman–Crippen LogP) is 1.40. The summed E-state index contributed by atoms with van der Waals surface area (Å²) in [4.78, 5) is 5.09. The number of rotatable bonds is 3. The molecule has 2 atom stereocenters. The fourth-order valence-electron chi connectivity index (χ4n) is 3.45. The topological polar surface area (TPSA) is 18.5 Å². The second-order valence-electron chi connectivity index (χ2n) is 6.27. The van der Waals surface area contributed by atoms with Crippen LogP contribution in [0.25, 0.3) is 0 Å². The van der Waals surface area contributed by atoms with Crippen molar-refractivity contribution in [1.29, 1.82) is 0 Å². The lowest BCUT2D eigenvalue weighted by molar-refractivity contribution is 0.0934. The number of hydrogen-bond donors (Lipinski definition) is 1. The summed E-state index contributed by atoms with van der Waals surface area (Å²) in [5.41, 5.74) is 0. The molecule has 0 aromatic rings. The van der Waals surface area contributed by atoms with Crippen molar-refractivity contribution in [3.05, 3.63) is 0 Å². The SMILES string of the molecule is CC1CC(N2CCC(CN(C)C)CC2)CCN1. The van der Waals surface area contributed by atoms with Gasteiger partial charge in [-0.1, -0.05) is 0 Å². The minimum atomic E-state index is 0.716. The zero-order valence-electron chi connectivity index (χ0n) is 11.8. The summed E-state index contributed by atoms with van der Waals surface area (Å²) in [6.45, 7) is 7.47. The molecule has 0 aliphatic carbocycles. The van der Waals surface area contributed by atoms with Gasteiger partial charge in [-0.3, -0.25) is 0 Å². The maximum Gasteiger partial charge on any atom is 0.0122 e. The van der Waals surface area contributed by atoms with Gasteiger partial charge in [-0.25, -0.2) is 0 Å². The molecule has 1 N–H and O–H groups in total. The van der Waals surface area contributed by atoms with Crippen molar-refractivity contribution in [2.75, 3.05) is 40.3 Å². The highest BCUT2D eigenvalue weighted by Gasteiger charge is 2.28. The molecule has 2 heterocycles. The number of nitrogens with one attached hydrogen (secondary N) is 1. The van der Waals surface area contributed by atoms with Crippen LogP contribution in [0, 0.1) is 5.92 Å². The normalized spacial score (nSPS) is 33.2. The lowest BCUT2D eigenvalue weighted by atomic mass is 9.92. The Labute approximate surface area is 107 Å². The van der Waals surface area contributed by atoms with E-state index in [1.54, 1.807) is 0 Å². The summed E-state index contributed by atoms with van der Waals surface area (Å²) in [6, 6.07) is 1.57. The van der Waals surface area contributed by atoms with E-state index in [1.807, 2.05) is 0 Å². The van der Waals surface area contributed by atoms with Crippen LogP contribution in [-0.4, -0.2) is 62.2 Å². The van der Waals surface area contributed by atoms with Gasteiger partial charge in [0.25, 0.3) is 0 Å². The van der Waals surface area contributed by atoms with E-state index in [4.69, 9.17) is 0 Å². The molecule has 0 radical (unpaired) electrons. The molecule has 2 saturated heterocycles. The molecule has 2 unspecified atom stereocenters. The van der Waals surface area contributed by atoms with E-state index in [9.17, 15) is 0 Å². The van der Waals surface area contributed by atoms with Crippen molar-refractivity contribution >= 4 is 0 Å². The Hall–Kier alpha value is -0.120. The Bertz CT molecular complexity index is 222. The lowest BCUT2D eigenvalue weighted by Gasteiger charge is -2.41. The number of nitrogens with zero attached hydrogens (tertiary/aromatic N) is 2. The quantitative estimate of drug-likeness (QED) is 0.803. The molecule has 0 amide bonds. The highest BCUT2D eigenvalue weighted by Crippen LogP contribution is 2.23. The lowest BCUT2D eigenvalue weighted by Crippen LogP contribution is -2.49. The van der Waals surface area contributed by atoms with Gasteiger partial charge >= 0.3 is 0 Å². The first-order valence-corrected chi connectivity index (χ1v) is 7.27. The average molecular weight is 239 g/mol. The van der Waals surface area contributed by atoms with Crippen molar-refractivity contribution in [3.63, 3.8) is 0 Å². The molecule has 0 saturated carbocycles. The highest BCUT2D eigenvalue weighted by atomic mass is 15.2. The molecule has 0 aromatic heterocycles. The Kier molecular flexibility index (Phi) is 4.83. The van der Waals surface area contributed by atoms with Crippen molar-refractivity contribution < 1.29 is 0 Å². The first-order chi connectivity index (χ1) is 8.15. The van der Waals surface area contributed by atoms with E-state index in [-0.39, 0.29) is 0 Å². The van der Waals surface area contributed by atoms with E-state index in [0.29, 0.717) is 6.04 Å². The van der Waals surface area contributed by atoms with Gasteiger partial charge in [0.05, 0.1) is 0 Å². The maximum atomic E-state index is 3.55. The van der Waals surface area contributed by atoms with Gasteiger partial charge < -0.3 is 15.1 Å². The minimum Gasteiger partial charge on any atom is -0.314 e. The van der Waals surface area contributed by atoms with Gasteiger partial charge in [-0.15, -0.1) is 0 Å². The van der Waals surface area contributed by atoms with Crippen LogP contribution in [0.2, 0.25) is 0 Å². The molecule has 3 heteroatoms. The van der Waals surface area contributed by atoms with E-state index >= 15 is 0 Å². The summed E-state index contributed by atoms with van der Waals surface area (Å²) in [6.07, 6.45) is 5.49. The fourth-order valence-corrected chi connectivity index (χ4v) is 3.45. The van der Waals surface area contributed by atoms with Crippen molar-refractivity contribution in [1.82, 2.24) is 15.1 Å². The molecule has 2 aliphatic rings. The van der Waals surface area contributed by atoms with Crippen LogP contribution in [0.1, 0.15) is 32.6 Å². The van der Waals surface area contributed by atoms with Crippen molar-refractivity contribution in [2.24, 2.45) is 5.92 Å². The standard InChI is InChI=1S/C14H29N3/c1-12-10-14(4-7-15-12)17-8-5-13(6-9-17)11-16(2)3/h12-15H,4-11H2,1-3H3. The van der Waals surface area contributed by atoms with Crippen LogP contribution in [0.4, 0.5) is 0 Å². The first kappa shape index (κ1) is 13.3. The molecule has 2 aliphatic heterocycles. The minimum absolute atomic E-state index is 0.716. The van der Waals surface area contributed by atoms with Gasteiger partial charge in [-0.05, 0) is 72.3 Å². The van der Waals surface area contributed by atoms with Gasteiger partial charge in [-0.2, -0.15) is 0 Å². The molecule has 17 heavy (non-hydrogen) atoms. The monoisotopic (exact) mass is 239 g/mol. The first-order valence-electron chi connectivity index (χ1n) is 7.27. The van der Waals surface area contributed by atoms with Gasteiger partial charge in [0.15, 0.2) is 0 Å². The van der Waals surface area contributed by atoms with Crippen molar-refractivity contribution in [3.8, 4) is 0 Å². The number of hydrogen-bond acceptors (Lipinski definition) is 3. The Morgan fingerprint density at radius 3 is 2.47 bits per heavy atom. The molecule has 100 valence electrons. The van der Waals surface area contributed by atoms with Crippen LogP contribution in [0.15, 0.2) is 0 Å². The van der Waals surface area contributed by atoms with Gasteiger partial charge in [0, 0.05) is 18.6 Å². The summed E-state index contributed by atoms with van der Waals surface area (Å²) in [5.74, 6) is 0.931. The maximum absolute atomic E-state index is 3.55. The molecule has 0 aromatic carbocycles. The second kappa shape index (κ2) is 6.17. The smallest absolute Gasteiger partial charge is 0.0122 e. The Morgan fingerprint density at radius 1 is 1.18 bits per heavy atom. The summed E-state index contributed by atoms with van der Waals surface area (Å²) >= 11 is 0. The second-order valence-corrected chi connectivity index (χ2v) is 6.27. The van der Waals surface area contributed by atoms with E-state index in [0.717, 1.165) is 12.0 Å². The van der Waals surface area contributed by atoms with Crippen molar-refractivity contribution in [2.45, 2.75) is 44.7 Å². The average Bonchev–Trinajstić information content (AvgIpc) is 2.29. The molecule has 0 spiro atoms. The third kappa shape index (κ3) is 3.94. The van der Waals surface area contributed by atoms with E-state index < -0.39 is 0 Å². The molecule has 2 fully saturated rings. The number of likely N-dealkylation sites (tertiary alicyclic amines) is 1. The third-order valence-corrected chi connectivity index (χ3v) is 4.38. The van der Waals surface area contributed by atoms with Crippen LogP contribution in [0.5, 0.6) is 0 Å². The highest BCUT2D eigenvalue weighted by molar-refractivity contribution is 4.85. The Balaban J connectivity index is 1.74. The fraction of sp³-hybridized carbons (Fsp3) is 1.00. The summed E-state index contributed by atoms with van der Waals surface area (Å²) in [7, 11) is 4.39. The molecular formula is C14H29N3. The van der Waals surface area contributed by atoms with Crippen LogP contribution < -0.4 is 5.32 Å². The largest absolute Gasteiger partial charge is 0.314 e. The molecular weight excluding hydrogens is 210 g/mol. The zero-order valence-corrected chi connectivity index (χ0v) is 11.8. The zero-order chi connectivity index (χ0) is 12.3. The molecule has 0 bridgehead atoms. The summed E-state index contributed by atoms with van der Waals surface area (Å²) in [5, 5.41) is 3.55. The van der Waals surface area contributed by atoms with Crippen LogP contribution >= 0.6 is 0 Å². The van der Waals surface area contributed by atoms with E-state index in [2.05, 4.69) is 36.1 Å². The third-order valence-electron chi connectivity index (χ3n) is 4.38. The van der Waals surface area contributed by atoms with Crippen LogP contribution in [0.3, 0.4) is 0 Å². The molecule has 2 rings (SSSR count). The van der Waals surface area contributed by atoms with Gasteiger partial charge in [0.2, 0.25) is 0 Å². The predicted molar refractivity (Wildman–Crippen MR) is 73.3 cm³/mol.